The summed E-state index contributed by atoms with van der Waals surface area (Å²) in [6.07, 6.45) is 3.48. The molecule has 8 nitrogen and oxygen atoms in total. The van der Waals surface area contributed by atoms with Crippen LogP contribution >= 0.6 is 0 Å². The van der Waals surface area contributed by atoms with Crippen molar-refractivity contribution >= 4 is 28.3 Å². The smallest absolute Gasteiger partial charge is 0.223 e. The summed E-state index contributed by atoms with van der Waals surface area (Å²) in [6, 6.07) is 19.1. The third kappa shape index (κ3) is 3.28. The maximum absolute atomic E-state index is 11.5. The van der Waals surface area contributed by atoms with Gasteiger partial charge in [-0.2, -0.15) is 5.26 Å². The molecule has 5 aromatic rings. The summed E-state index contributed by atoms with van der Waals surface area (Å²) in [5, 5.41) is 10.3. The van der Waals surface area contributed by atoms with Crippen LogP contribution in [0.3, 0.4) is 0 Å². The van der Waals surface area contributed by atoms with Crippen LogP contribution in [-0.2, 0) is 11.2 Å². The number of pyridine rings is 1. The van der Waals surface area contributed by atoms with Crippen molar-refractivity contribution in [3.8, 4) is 28.6 Å². The lowest BCUT2D eigenvalue weighted by molar-refractivity contribution is -0.117. The van der Waals surface area contributed by atoms with Crippen LogP contribution in [0.4, 0.5) is 5.82 Å². The van der Waals surface area contributed by atoms with E-state index in [2.05, 4.69) is 21.0 Å². The van der Waals surface area contributed by atoms with E-state index in [1.807, 2.05) is 40.8 Å². The van der Waals surface area contributed by atoms with Gasteiger partial charge in [-0.15, -0.1) is 0 Å². The Balaban J connectivity index is 1.85. The Hall–Kier alpha value is -4.77. The van der Waals surface area contributed by atoms with Gasteiger partial charge in [0.1, 0.15) is 0 Å². The van der Waals surface area contributed by atoms with Gasteiger partial charge in [-0.1, -0.05) is 24.3 Å². The largest absolute Gasteiger partial charge is 0.381 e. The number of carbonyl (C=O) groups excluding carboxylic acids is 1. The van der Waals surface area contributed by atoms with Crippen molar-refractivity contribution in [3.63, 3.8) is 0 Å². The van der Waals surface area contributed by atoms with Crippen molar-refractivity contribution in [3.05, 3.63) is 78.2 Å². The number of nitriles is 1. The van der Waals surface area contributed by atoms with Crippen molar-refractivity contribution in [1.82, 2.24) is 19.4 Å². The first-order valence-electron chi connectivity index (χ1n) is 9.85. The van der Waals surface area contributed by atoms with Crippen LogP contribution in [0, 0.1) is 11.3 Å². The van der Waals surface area contributed by atoms with E-state index in [0.29, 0.717) is 22.6 Å². The highest BCUT2D eigenvalue weighted by atomic mass is 16.1. The zero-order valence-electron chi connectivity index (χ0n) is 16.9. The van der Waals surface area contributed by atoms with Crippen LogP contribution in [0.15, 0.2) is 67.0 Å². The molecule has 0 aliphatic carbocycles. The Morgan fingerprint density at radius 1 is 1.06 bits per heavy atom. The molecule has 1 amide bonds. The number of anilines is 1. The lowest BCUT2D eigenvalue weighted by Gasteiger charge is -2.14. The fourth-order valence-electron chi connectivity index (χ4n) is 3.82. The number of hydrogen-bond acceptors (Lipinski definition) is 6. The van der Waals surface area contributed by atoms with Crippen LogP contribution in [-0.4, -0.2) is 25.3 Å². The predicted molar refractivity (Wildman–Crippen MR) is 121 cm³/mol. The fraction of sp³-hybridized carbons (Fsp3) is 0.0417. The second-order valence-electron chi connectivity index (χ2n) is 7.37. The predicted octanol–water partition coefficient (Wildman–Crippen LogP) is 3.09. The number of carbonyl (C=O) groups is 1. The molecule has 0 radical (unpaired) electrons. The maximum Gasteiger partial charge on any atom is 0.223 e. The van der Waals surface area contributed by atoms with E-state index in [4.69, 9.17) is 11.5 Å². The van der Waals surface area contributed by atoms with Crippen LogP contribution in [0.25, 0.3) is 39.1 Å². The molecule has 0 saturated heterocycles. The number of hydrogen-bond donors (Lipinski definition) is 2. The summed E-state index contributed by atoms with van der Waals surface area (Å²) in [7, 11) is 0. The molecule has 2 aromatic carbocycles. The molecule has 0 fully saturated rings. The molecule has 8 heteroatoms. The van der Waals surface area contributed by atoms with Gasteiger partial charge in [0.25, 0.3) is 0 Å². The second kappa shape index (κ2) is 7.49. The molecular formula is C24H17N7O. The topological polar surface area (TPSA) is 136 Å². The number of nitrogens with two attached hydrogens (primary N) is 2. The molecule has 4 N–H and O–H groups in total. The van der Waals surface area contributed by atoms with E-state index in [1.54, 1.807) is 30.6 Å². The lowest BCUT2D eigenvalue weighted by Crippen LogP contribution is -2.13. The minimum absolute atomic E-state index is 0.0124. The minimum Gasteiger partial charge on any atom is -0.381 e. The molecule has 0 atom stereocenters. The highest BCUT2D eigenvalue weighted by molar-refractivity contribution is 5.89. The summed E-state index contributed by atoms with van der Waals surface area (Å²) in [4.78, 5) is 25.0. The van der Waals surface area contributed by atoms with E-state index in [-0.39, 0.29) is 12.2 Å². The van der Waals surface area contributed by atoms with Gasteiger partial charge in [-0.25, -0.2) is 9.97 Å². The molecule has 0 aliphatic rings. The Labute approximate surface area is 182 Å². The van der Waals surface area contributed by atoms with E-state index >= 15 is 0 Å². The minimum atomic E-state index is -0.486. The van der Waals surface area contributed by atoms with Crippen LogP contribution in [0.2, 0.25) is 0 Å². The van der Waals surface area contributed by atoms with Crippen LogP contribution in [0.5, 0.6) is 0 Å². The lowest BCUT2D eigenvalue weighted by atomic mass is 10.0. The van der Waals surface area contributed by atoms with Crippen molar-refractivity contribution in [2.75, 3.05) is 5.73 Å². The van der Waals surface area contributed by atoms with Gasteiger partial charge in [-0.05, 0) is 30.3 Å². The average Bonchev–Trinajstić information content (AvgIpc) is 3.22. The number of nitrogen functional groups attached to an aromatic ring is 1. The van der Waals surface area contributed by atoms with Gasteiger partial charge in [0.2, 0.25) is 5.91 Å². The number of primary amides is 1. The number of imidazole rings is 1. The molecule has 0 aliphatic heterocycles. The molecule has 154 valence electrons. The Bertz CT molecular complexity index is 1560. The Morgan fingerprint density at radius 3 is 2.75 bits per heavy atom. The summed E-state index contributed by atoms with van der Waals surface area (Å²) < 4.78 is 1.83. The van der Waals surface area contributed by atoms with Gasteiger partial charge < -0.3 is 11.5 Å². The maximum atomic E-state index is 11.5. The highest BCUT2D eigenvalue weighted by Crippen LogP contribution is 2.35. The van der Waals surface area contributed by atoms with E-state index in [0.717, 1.165) is 27.7 Å². The highest BCUT2D eigenvalue weighted by Gasteiger charge is 2.19. The first-order valence-corrected chi connectivity index (χ1v) is 9.85. The number of fused-ring (bicyclic) bond motifs is 2. The second-order valence-corrected chi connectivity index (χ2v) is 7.37. The van der Waals surface area contributed by atoms with Crippen LogP contribution in [0.1, 0.15) is 11.3 Å². The molecule has 0 unspecified atom stereocenters. The number of amides is 1. The van der Waals surface area contributed by atoms with Gasteiger partial charge in [0.05, 0.1) is 40.7 Å². The Kier molecular flexibility index (Phi) is 4.49. The van der Waals surface area contributed by atoms with Gasteiger partial charge in [-0.3, -0.25) is 14.2 Å². The number of aromatic nitrogens is 4. The third-order valence-corrected chi connectivity index (χ3v) is 5.18. The molecule has 0 bridgehead atoms. The average molecular weight is 419 g/mol. The SMILES string of the molecule is N#Cc1cccc(-c2nc(N)c3nc(CC(N)=O)cn3c2-c2ccc3ncccc3c2)c1. The summed E-state index contributed by atoms with van der Waals surface area (Å²) >= 11 is 0. The zero-order chi connectivity index (χ0) is 22.2. The van der Waals surface area contributed by atoms with Crippen LogP contribution < -0.4 is 11.5 Å². The first-order chi connectivity index (χ1) is 15.5. The van der Waals surface area contributed by atoms with Crippen molar-refractivity contribution in [1.29, 1.82) is 5.26 Å². The molecule has 5 rings (SSSR count). The fourth-order valence-corrected chi connectivity index (χ4v) is 3.82. The van der Waals surface area contributed by atoms with E-state index < -0.39 is 5.91 Å². The molecule has 32 heavy (non-hydrogen) atoms. The van der Waals surface area contributed by atoms with E-state index in [9.17, 15) is 10.1 Å². The third-order valence-electron chi connectivity index (χ3n) is 5.18. The molecule has 3 heterocycles. The molecule has 0 spiro atoms. The Morgan fingerprint density at radius 2 is 1.94 bits per heavy atom. The van der Waals surface area contributed by atoms with Gasteiger partial charge in [0.15, 0.2) is 11.5 Å². The molecule has 0 saturated carbocycles. The molecular weight excluding hydrogens is 402 g/mol. The monoisotopic (exact) mass is 419 g/mol. The van der Waals surface area contributed by atoms with Crippen molar-refractivity contribution < 1.29 is 4.79 Å². The zero-order valence-corrected chi connectivity index (χ0v) is 16.9. The van der Waals surface area contributed by atoms with Crippen molar-refractivity contribution in [2.24, 2.45) is 5.73 Å². The quantitative estimate of drug-likeness (QED) is 0.459. The first kappa shape index (κ1) is 19.2. The summed E-state index contributed by atoms with van der Waals surface area (Å²) in [5.41, 5.74) is 16.9. The number of benzene rings is 2. The number of nitrogens with zero attached hydrogens (tertiary/aromatic N) is 5. The number of rotatable bonds is 4. The van der Waals surface area contributed by atoms with Gasteiger partial charge in [0, 0.05) is 28.9 Å². The van der Waals surface area contributed by atoms with Gasteiger partial charge >= 0.3 is 0 Å². The van der Waals surface area contributed by atoms with Crippen molar-refractivity contribution in [2.45, 2.75) is 6.42 Å². The summed E-state index contributed by atoms with van der Waals surface area (Å²) in [5.74, 6) is -0.274. The normalized spacial score (nSPS) is 11.0. The standard InChI is InChI=1S/C24H17N7O/c25-12-14-3-1-4-16(9-14)21-22(17-6-7-19-15(10-17)5-2-8-28-19)31-13-18(11-20(26)32)29-24(31)23(27)30-21/h1-10,13H,11H2,(H2,26,32)(H2,27,30). The van der Waals surface area contributed by atoms with E-state index in [1.165, 1.54) is 0 Å². The summed E-state index contributed by atoms with van der Waals surface area (Å²) in [6.45, 7) is 0. The molecule has 3 aromatic heterocycles.